The molecule has 32 heavy (non-hydrogen) atoms. The third-order valence-corrected chi connectivity index (χ3v) is 6.25. The number of hydrogen-bond donors (Lipinski definition) is 3. The van der Waals surface area contributed by atoms with Crippen LogP contribution < -0.4 is 15.4 Å². The number of amides is 2. The minimum atomic E-state index is -3.91. The topological polar surface area (TPSA) is 122 Å². The highest BCUT2D eigenvalue weighted by molar-refractivity contribution is 7.89. The van der Waals surface area contributed by atoms with Gasteiger partial charge in [0.25, 0.3) is 0 Å². The largest absolute Gasteiger partial charge is 0.351 e. The van der Waals surface area contributed by atoms with Crippen LogP contribution in [-0.4, -0.2) is 35.8 Å². The summed E-state index contributed by atoms with van der Waals surface area (Å²) in [5.41, 5.74) is 2.44. The number of nitrogens with zero attached hydrogens (tertiary/aromatic N) is 2. The summed E-state index contributed by atoms with van der Waals surface area (Å²) in [7, 11) is -3.91. The van der Waals surface area contributed by atoms with E-state index >= 15 is 0 Å². The number of hydrogen-bond acceptors (Lipinski definition) is 5. The molecule has 3 aromatic rings. The summed E-state index contributed by atoms with van der Waals surface area (Å²) in [6, 6.07) is 12.4. The molecule has 0 saturated carbocycles. The highest BCUT2D eigenvalue weighted by Gasteiger charge is 2.22. The maximum atomic E-state index is 12.6. The van der Waals surface area contributed by atoms with E-state index in [1.54, 1.807) is 12.5 Å². The van der Waals surface area contributed by atoms with Crippen molar-refractivity contribution in [3.05, 3.63) is 78.4 Å². The van der Waals surface area contributed by atoms with Crippen molar-refractivity contribution >= 4 is 27.5 Å². The van der Waals surface area contributed by atoms with E-state index in [-0.39, 0.29) is 17.3 Å². The Labute approximate surface area is 186 Å². The monoisotopic (exact) mass is 455 g/mol. The maximum absolute atomic E-state index is 12.6. The van der Waals surface area contributed by atoms with Crippen molar-refractivity contribution in [2.24, 2.45) is 0 Å². The summed E-state index contributed by atoms with van der Waals surface area (Å²) in [6.07, 6.45) is 5.27. The van der Waals surface area contributed by atoms with Crippen LogP contribution in [0.4, 0.5) is 5.69 Å². The first kappa shape index (κ1) is 23.2. The van der Waals surface area contributed by atoms with Crippen molar-refractivity contribution in [2.45, 2.75) is 37.9 Å². The SMILES string of the molecule is CC(=O)Nc1ccc(S(=O)(=O)N[C@@H](C)C(=O)NCc2ccccc2Cn2ccnc2)cc1. The average molecular weight is 456 g/mol. The Balaban J connectivity index is 1.60. The predicted molar refractivity (Wildman–Crippen MR) is 120 cm³/mol. The Bertz CT molecular complexity index is 1180. The van der Waals surface area contributed by atoms with Crippen LogP contribution in [0.3, 0.4) is 0 Å². The third-order valence-electron chi connectivity index (χ3n) is 4.69. The smallest absolute Gasteiger partial charge is 0.241 e. The second-order valence-electron chi connectivity index (χ2n) is 7.27. The molecule has 3 N–H and O–H groups in total. The molecule has 1 atom stereocenters. The van der Waals surface area contributed by atoms with Crippen LogP contribution in [0, 0.1) is 0 Å². The first-order valence-electron chi connectivity index (χ1n) is 9.95. The van der Waals surface area contributed by atoms with Gasteiger partial charge < -0.3 is 15.2 Å². The molecule has 0 unspecified atom stereocenters. The zero-order valence-electron chi connectivity index (χ0n) is 17.8. The maximum Gasteiger partial charge on any atom is 0.241 e. The number of anilines is 1. The fourth-order valence-corrected chi connectivity index (χ4v) is 4.27. The first-order chi connectivity index (χ1) is 15.2. The highest BCUT2D eigenvalue weighted by Crippen LogP contribution is 2.15. The van der Waals surface area contributed by atoms with Gasteiger partial charge in [-0.05, 0) is 42.3 Å². The summed E-state index contributed by atoms with van der Waals surface area (Å²) in [4.78, 5) is 27.6. The highest BCUT2D eigenvalue weighted by atomic mass is 32.2. The lowest BCUT2D eigenvalue weighted by Crippen LogP contribution is -2.44. The van der Waals surface area contributed by atoms with Gasteiger partial charge in [0.15, 0.2) is 0 Å². The van der Waals surface area contributed by atoms with Gasteiger partial charge >= 0.3 is 0 Å². The lowest BCUT2D eigenvalue weighted by molar-refractivity contribution is -0.122. The van der Waals surface area contributed by atoms with Crippen molar-refractivity contribution < 1.29 is 18.0 Å². The number of carbonyl (C=O) groups is 2. The molecule has 1 aromatic heterocycles. The van der Waals surface area contributed by atoms with E-state index in [9.17, 15) is 18.0 Å². The molecule has 3 rings (SSSR count). The van der Waals surface area contributed by atoms with Gasteiger partial charge in [0.05, 0.1) is 17.3 Å². The van der Waals surface area contributed by atoms with Gasteiger partial charge in [0.1, 0.15) is 0 Å². The molecule has 0 radical (unpaired) electrons. The molecule has 168 valence electrons. The normalized spacial score (nSPS) is 12.2. The minimum absolute atomic E-state index is 0.00284. The van der Waals surface area contributed by atoms with E-state index in [0.717, 1.165) is 11.1 Å². The first-order valence-corrected chi connectivity index (χ1v) is 11.4. The van der Waals surface area contributed by atoms with Crippen LogP contribution in [0.5, 0.6) is 0 Å². The zero-order valence-corrected chi connectivity index (χ0v) is 18.6. The lowest BCUT2D eigenvalue weighted by Gasteiger charge is -2.16. The molecule has 10 heteroatoms. The van der Waals surface area contributed by atoms with E-state index in [2.05, 4.69) is 20.3 Å². The summed E-state index contributed by atoms with van der Waals surface area (Å²) < 4.78 is 29.5. The molecule has 2 amide bonds. The van der Waals surface area contributed by atoms with Crippen molar-refractivity contribution in [1.29, 1.82) is 0 Å². The van der Waals surface area contributed by atoms with Gasteiger partial charge in [0, 0.05) is 38.1 Å². The van der Waals surface area contributed by atoms with Crippen LogP contribution in [0.15, 0.2) is 72.1 Å². The van der Waals surface area contributed by atoms with Crippen LogP contribution in [0.25, 0.3) is 0 Å². The van der Waals surface area contributed by atoms with Crippen LogP contribution in [0.1, 0.15) is 25.0 Å². The molecule has 0 saturated heterocycles. The van der Waals surface area contributed by atoms with Crippen molar-refractivity contribution in [2.75, 3.05) is 5.32 Å². The quantitative estimate of drug-likeness (QED) is 0.455. The van der Waals surface area contributed by atoms with E-state index in [1.807, 2.05) is 35.0 Å². The van der Waals surface area contributed by atoms with Crippen LogP contribution in [-0.2, 0) is 32.7 Å². The molecule has 0 aliphatic rings. The van der Waals surface area contributed by atoms with E-state index in [0.29, 0.717) is 12.2 Å². The van der Waals surface area contributed by atoms with Crippen LogP contribution >= 0.6 is 0 Å². The number of aromatic nitrogens is 2. The minimum Gasteiger partial charge on any atom is -0.351 e. The van der Waals surface area contributed by atoms with E-state index in [4.69, 9.17) is 0 Å². The molecular weight excluding hydrogens is 430 g/mol. The Morgan fingerprint density at radius 3 is 2.38 bits per heavy atom. The number of imidazole rings is 1. The van der Waals surface area contributed by atoms with Gasteiger partial charge in [-0.3, -0.25) is 9.59 Å². The second-order valence-corrected chi connectivity index (χ2v) is 8.98. The average Bonchev–Trinajstić information content (AvgIpc) is 3.25. The van der Waals surface area contributed by atoms with Crippen molar-refractivity contribution in [3.63, 3.8) is 0 Å². The van der Waals surface area contributed by atoms with Gasteiger partial charge in [0.2, 0.25) is 21.8 Å². The number of rotatable bonds is 9. The Morgan fingerprint density at radius 2 is 1.75 bits per heavy atom. The van der Waals surface area contributed by atoms with Gasteiger partial charge in [-0.1, -0.05) is 24.3 Å². The van der Waals surface area contributed by atoms with Crippen molar-refractivity contribution in [3.8, 4) is 0 Å². The van der Waals surface area contributed by atoms with Gasteiger partial charge in [-0.2, -0.15) is 4.72 Å². The Hall–Kier alpha value is -3.50. The number of sulfonamides is 1. The molecular formula is C22H25N5O4S. The van der Waals surface area contributed by atoms with Gasteiger partial charge in [-0.25, -0.2) is 13.4 Å². The standard InChI is InChI=1S/C22H25N5O4S/c1-16(26-32(30,31)21-9-7-20(8-10-21)25-17(2)28)22(29)24-13-18-5-3-4-6-19(18)14-27-12-11-23-15-27/h3-12,15-16,26H,13-14H2,1-2H3,(H,24,29)(H,25,28)/t16-/m0/s1. The molecule has 9 nitrogen and oxygen atoms in total. The molecule has 0 aliphatic carbocycles. The predicted octanol–water partition coefficient (Wildman–Crippen LogP) is 1.87. The van der Waals surface area contributed by atoms with E-state index in [1.165, 1.54) is 38.1 Å². The molecule has 0 spiro atoms. The molecule has 1 heterocycles. The number of nitrogens with one attached hydrogen (secondary N) is 3. The summed E-state index contributed by atoms with van der Waals surface area (Å²) in [5, 5.41) is 5.35. The van der Waals surface area contributed by atoms with Gasteiger partial charge in [-0.15, -0.1) is 0 Å². The zero-order chi connectivity index (χ0) is 23.1. The summed E-state index contributed by atoms with van der Waals surface area (Å²) in [6.45, 7) is 3.72. The number of benzene rings is 2. The third kappa shape index (κ3) is 6.25. The molecule has 0 fully saturated rings. The number of carbonyl (C=O) groups excluding carboxylic acids is 2. The molecule has 2 aromatic carbocycles. The van der Waals surface area contributed by atoms with E-state index < -0.39 is 22.0 Å². The fraction of sp³-hybridized carbons (Fsp3) is 0.227. The summed E-state index contributed by atoms with van der Waals surface area (Å²) >= 11 is 0. The van der Waals surface area contributed by atoms with Crippen molar-refractivity contribution in [1.82, 2.24) is 19.6 Å². The Kier molecular flexibility index (Phi) is 7.39. The lowest BCUT2D eigenvalue weighted by atomic mass is 10.1. The molecule has 0 bridgehead atoms. The molecule has 0 aliphatic heterocycles. The fourth-order valence-electron chi connectivity index (χ4n) is 3.07. The Morgan fingerprint density at radius 1 is 1.06 bits per heavy atom. The van der Waals surface area contributed by atoms with Crippen LogP contribution in [0.2, 0.25) is 0 Å². The second kappa shape index (κ2) is 10.2. The summed E-state index contributed by atoms with van der Waals surface area (Å²) in [5.74, 6) is -0.698.